The van der Waals surface area contributed by atoms with Gasteiger partial charge in [-0.25, -0.2) is 0 Å². The lowest BCUT2D eigenvalue weighted by atomic mass is 9.33. The molecule has 7 unspecified atom stereocenters. The Morgan fingerprint density at radius 3 is 2.18 bits per heavy atom. The third kappa shape index (κ3) is 4.12. The van der Waals surface area contributed by atoms with E-state index in [9.17, 15) is 21.6 Å². The van der Waals surface area contributed by atoms with E-state index < -0.39 is 21.0 Å². The van der Waals surface area contributed by atoms with Gasteiger partial charge in [0, 0.05) is 11.0 Å². The van der Waals surface area contributed by atoms with Crippen LogP contribution in [-0.4, -0.2) is 19.5 Å². The van der Waals surface area contributed by atoms with E-state index in [1.165, 1.54) is 19.3 Å². The van der Waals surface area contributed by atoms with Crippen molar-refractivity contribution < 1.29 is 25.8 Å². The molecule has 38 heavy (non-hydrogen) atoms. The molecule has 4 fully saturated rings. The minimum Gasteiger partial charge on any atom is -0.380 e. The maximum absolute atomic E-state index is 13.1. The van der Waals surface area contributed by atoms with Gasteiger partial charge >= 0.3 is 15.6 Å². The second-order valence-corrected chi connectivity index (χ2v) is 15.8. The Hall–Kier alpha value is -1.02. The molecule has 2 N–H and O–H groups in total. The Kier molecular flexibility index (Phi) is 7.29. The lowest BCUT2D eigenvalue weighted by molar-refractivity contribution is -0.218. The predicted octanol–water partition coefficient (Wildman–Crippen LogP) is 8.11. The molecule has 218 valence electrons. The number of nitrogens with two attached hydrogens (primary N) is 1. The first kappa shape index (κ1) is 30.0. The van der Waals surface area contributed by atoms with E-state index in [1.807, 2.05) is 20.8 Å². The van der Waals surface area contributed by atoms with Crippen molar-refractivity contribution in [2.75, 3.05) is 0 Å². The van der Waals surface area contributed by atoms with Crippen LogP contribution in [0, 0.1) is 45.3 Å². The van der Waals surface area contributed by atoms with Crippen LogP contribution < -0.4 is 5.73 Å². The summed E-state index contributed by atoms with van der Waals surface area (Å²) in [6.45, 7) is 16.3. The largest absolute Gasteiger partial charge is 0.534 e. The van der Waals surface area contributed by atoms with Crippen LogP contribution in [0.5, 0.6) is 0 Å². The normalized spacial score (nSPS) is 45.7. The van der Waals surface area contributed by atoms with Gasteiger partial charge in [-0.3, -0.25) is 0 Å². The van der Waals surface area contributed by atoms with E-state index in [0.717, 1.165) is 38.5 Å². The van der Waals surface area contributed by atoms with Crippen LogP contribution in [0.25, 0.3) is 0 Å². The standard InChI is InChI=1S/C27H42F3NO3S.C3H6/c1-22(2)19-10-14-25(5)20(23(19,3)13-11-21(22)34-35(32,33)27(28,29)30)9-8-17-18-7-6-12-26(18,31)16-15-24(17,25)4;1-3-2/h11,17-20H,6-10,12-16,31H2,1-5H3;3H,1H2,2H3/t17?,18?,19?,20?,23?,24-,25?,26?;/m1./s1. The van der Waals surface area contributed by atoms with Crippen molar-refractivity contribution >= 4 is 10.1 Å². The molecule has 4 saturated carbocycles. The summed E-state index contributed by atoms with van der Waals surface area (Å²) < 4.78 is 67.7. The van der Waals surface area contributed by atoms with Crippen LogP contribution in [0.1, 0.15) is 106 Å². The highest BCUT2D eigenvalue weighted by molar-refractivity contribution is 7.87. The molecule has 5 rings (SSSR count). The van der Waals surface area contributed by atoms with E-state index in [2.05, 4.69) is 27.4 Å². The van der Waals surface area contributed by atoms with E-state index in [-0.39, 0.29) is 33.5 Å². The fraction of sp³-hybridized carbons (Fsp3) is 0.867. The van der Waals surface area contributed by atoms with Crippen LogP contribution >= 0.6 is 0 Å². The summed E-state index contributed by atoms with van der Waals surface area (Å²) in [5.74, 6) is 1.67. The first-order valence-corrected chi connectivity index (χ1v) is 15.8. The maximum Gasteiger partial charge on any atom is 0.534 e. The molecule has 0 heterocycles. The Bertz CT molecular complexity index is 1080. The minimum absolute atomic E-state index is 0.000258. The van der Waals surface area contributed by atoms with Crippen LogP contribution in [-0.2, 0) is 14.3 Å². The fourth-order valence-corrected chi connectivity index (χ4v) is 11.1. The van der Waals surface area contributed by atoms with Gasteiger partial charge in [-0.15, -0.1) is 6.58 Å². The zero-order valence-electron chi connectivity index (χ0n) is 24.1. The molecule has 5 aliphatic carbocycles. The third-order valence-corrected chi connectivity index (χ3v) is 13.4. The Morgan fingerprint density at radius 2 is 1.58 bits per heavy atom. The Balaban J connectivity index is 0.00000107. The van der Waals surface area contributed by atoms with Gasteiger partial charge in [-0.05, 0) is 111 Å². The van der Waals surface area contributed by atoms with Crippen LogP contribution in [0.2, 0.25) is 0 Å². The van der Waals surface area contributed by atoms with Gasteiger partial charge in [0.1, 0.15) is 5.76 Å². The number of hydrogen-bond donors (Lipinski definition) is 1. The highest BCUT2D eigenvalue weighted by atomic mass is 32.2. The van der Waals surface area contributed by atoms with Crippen LogP contribution in [0.15, 0.2) is 24.5 Å². The van der Waals surface area contributed by atoms with Crippen LogP contribution in [0.4, 0.5) is 13.2 Å². The number of rotatable bonds is 2. The molecule has 0 aromatic carbocycles. The molecule has 8 heteroatoms. The highest BCUT2D eigenvalue weighted by Crippen LogP contribution is 2.75. The van der Waals surface area contributed by atoms with Crippen molar-refractivity contribution in [1.29, 1.82) is 0 Å². The van der Waals surface area contributed by atoms with Crippen molar-refractivity contribution in [2.45, 2.75) is 117 Å². The van der Waals surface area contributed by atoms with Crippen molar-refractivity contribution in [3.8, 4) is 0 Å². The molecule has 0 aliphatic heterocycles. The quantitative estimate of drug-likeness (QED) is 0.211. The lowest BCUT2D eigenvalue weighted by Crippen LogP contribution is -2.66. The van der Waals surface area contributed by atoms with Crippen molar-refractivity contribution in [3.05, 3.63) is 24.5 Å². The molecule has 8 atom stereocenters. The molecule has 0 spiro atoms. The summed E-state index contributed by atoms with van der Waals surface area (Å²) in [5.41, 5.74) is 0.942. The van der Waals surface area contributed by atoms with Crippen molar-refractivity contribution in [3.63, 3.8) is 0 Å². The summed E-state index contributed by atoms with van der Waals surface area (Å²) >= 11 is 0. The molecule has 0 aromatic heterocycles. The summed E-state index contributed by atoms with van der Waals surface area (Å²) in [5, 5.41) is 0. The van der Waals surface area contributed by atoms with Gasteiger partial charge < -0.3 is 9.92 Å². The second kappa shape index (κ2) is 9.25. The Morgan fingerprint density at radius 1 is 0.947 bits per heavy atom. The summed E-state index contributed by atoms with van der Waals surface area (Å²) in [6, 6.07) is 0. The zero-order chi connectivity index (χ0) is 28.6. The van der Waals surface area contributed by atoms with Gasteiger partial charge in [-0.1, -0.05) is 47.1 Å². The highest BCUT2D eigenvalue weighted by Gasteiger charge is 2.69. The van der Waals surface area contributed by atoms with E-state index in [4.69, 9.17) is 9.92 Å². The molecule has 4 nitrogen and oxygen atoms in total. The molecule has 0 bridgehead atoms. The minimum atomic E-state index is -5.68. The molecule has 0 radical (unpaired) electrons. The average molecular weight is 560 g/mol. The SMILES string of the molecule is C=CC.CC1(C)C(OS(=O)(=O)C(F)(F)F)=CCC2(C)C1CCC1(C)C2CCC2C3CCCC3(N)CC[C@]21C. The third-order valence-electron chi connectivity index (χ3n) is 12.4. The molecule has 5 aliphatic rings. The average Bonchev–Trinajstić information content (AvgIpc) is 3.18. The topological polar surface area (TPSA) is 69.4 Å². The molecule has 0 saturated heterocycles. The summed E-state index contributed by atoms with van der Waals surface area (Å²) in [6.07, 6.45) is 14.0. The summed E-state index contributed by atoms with van der Waals surface area (Å²) in [4.78, 5) is 0. The van der Waals surface area contributed by atoms with Gasteiger partial charge in [0.15, 0.2) is 0 Å². The first-order chi connectivity index (χ1) is 17.3. The monoisotopic (exact) mass is 559 g/mol. The van der Waals surface area contributed by atoms with Gasteiger partial charge in [0.25, 0.3) is 0 Å². The van der Waals surface area contributed by atoms with Crippen molar-refractivity contribution in [1.82, 2.24) is 0 Å². The van der Waals surface area contributed by atoms with Gasteiger partial charge in [0.2, 0.25) is 0 Å². The smallest absolute Gasteiger partial charge is 0.380 e. The van der Waals surface area contributed by atoms with Crippen LogP contribution in [0.3, 0.4) is 0 Å². The maximum atomic E-state index is 13.1. The molecular formula is C30H48F3NO3S. The molecule has 0 amide bonds. The second-order valence-electron chi connectivity index (χ2n) is 14.3. The van der Waals surface area contributed by atoms with Gasteiger partial charge in [-0.2, -0.15) is 21.6 Å². The Labute approximate surface area is 228 Å². The lowest BCUT2D eigenvalue weighted by Gasteiger charge is -2.71. The fourth-order valence-electron chi connectivity index (χ4n) is 10.5. The first-order valence-electron chi connectivity index (χ1n) is 14.4. The summed E-state index contributed by atoms with van der Waals surface area (Å²) in [7, 11) is -5.68. The molecule has 0 aromatic rings. The van der Waals surface area contributed by atoms with Gasteiger partial charge in [0.05, 0.1) is 0 Å². The number of alkyl halides is 3. The molecular weight excluding hydrogens is 511 g/mol. The number of fused-ring (bicyclic) bond motifs is 7. The van der Waals surface area contributed by atoms with E-state index in [1.54, 1.807) is 12.2 Å². The van der Waals surface area contributed by atoms with Crippen molar-refractivity contribution in [2.24, 2.45) is 51.1 Å². The number of hydrogen-bond acceptors (Lipinski definition) is 4. The van der Waals surface area contributed by atoms with E-state index in [0.29, 0.717) is 24.2 Å². The predicted molar refractivity (Wildman–Crippen MR) is 145 cm³/mol. The number of halogens is 3. The number of allylic oxidation sites excluding steroid dienone is 3. The van der Waals surface area contributed by atoms with E-state index >= 15 is 0 Å². The zero-order valence-corrected chi connectivity index (χ0v) is 24.9.